The minimum Gasteiger partial charge on any atom is -0.382 e. The molecule has 1 aromatic carbocycles. The van der Waals surface area contributed by atoms with Crippen LogP contribution in [0.15, 0.2) is 39.6 Å². The Hall–Kier alpha value is -2.05. The molecule has 12 heteroatoms. The van der Waals surface area contributed by atoms with Gasteiger partial charge in [-0.25, -0.2) is 18.1 Å². The number of ether oxygens (including phenoxy) is 1. The standard InChI is InChI=1S/C22H26ClN5O4S2/c23-21-19(24-11-15-2-1-9-32-13-15)12-26-28(22(21)29)16-5-7-27(8-6-16)34(30,31)17-3-4-18-20(10-17)33-14-25-18/h3-4,10,12,14-16,24H,1-2,5-9,11,13H2/t15-/m1/s1. The molecule has 34 heavy (non-hydrogen) atoms. The smallest absolute Gasteiger partial charge is 0.287 e. The molecule has 2 aliphatic heterocycles. The van der Waals surface area contributed by atoms with Crippen molar-refractivity contribution in [3.63, 3.8) is 0 Å². The maximum absolute atomic E-state index is 13.2. The van der Waals surface area contributed by atoms with Gasteiger partial charge in [-0.05, 0) is 49.8 Å². The van der Waals surface area contributed by atoms with E-state index in [9.17, 15) is 13.2 Å². The first-order valence-electron chi connectivity index (χ1n) is 11.4. The van der Waals surface area contributed by atoms with Gasteiger partial charge in [0, 0.05) is 26.2 Å². The van der Waals surface area contributed by atoms with Crippen LogP contribution in [0.4, 0.5) is 5.69 Å². The third-order valence-corrected chi connectivity index (χ3v) is 9.54. The van der Waals surface area contributed by atoms with Gasteiger partial charge in [-0.3, -0.25) is 4.79 Å². The quantitative estimate of drug-likeness (QED) is 0.528. The Morgan fingerprint density at radius 2 is 2.06 bits per heavy atom. The van der Waals surface area contributed by atoms with Crippen LogP contribution < -0.4 is 10.9 Å². The molecular formula is C22H26ClN5O4S2. The van der Waals surface area contributed by atoms with Gasteiger partial charge in [0.05, 0.1) is 45.2 Å². The average molecular weight is 524 g/mol. The molecule has 1 N–H and O–H groups in total. The molecule has 9 nitrogen and oxygen atoms in total. The van der Waals surface area contributed by atoms with Gasteiger partial charge in [-0.2, -0.15) is 9.40 Å². The second-order valence-electron chi connectivity index (χ2n) is 8.70. The molecule has 0 spiro atoms. The van der Waals surface area contributed by atoms with Gasteiger partial charge < -0.3 is 10.1 Å². The van der Waals surface area contributed by atoms with Gasteiger partial charge in [0.15, 0.2) is 0 Å². The first-order chi connectivity index (χ1) is 16.4. The molecule has 182 valence electrons. The van der Waals surface area contributed by atoms with Crippen molar-refractivity contribution < 1.29 is 13.2 Å². The Labute approximate surface area is 206 Å². The van der Waals surface area contributed by atoms with Crippen LogP contribution in [0, 0.1) is 5.92 Å². The molecule has 1 atom stereocenters. The van der Waals surface area contributed by atoms with Crippen LogP contribution in [0.1, 0.15) is 31.7 Å². The van der Waals surface area contributed by atoms with E-state index in [2.05, 4.69) is 15.4 Å². The summed E-state index contributed by atoms with van der Waals surface area (Å²) in [4.78, 5) is 17.4. The van der Waals surface area contributed by atoms with Gasteiger partial charge in [0.25, 0.3) is 5.56 Å². The van der Waals surface area contributed by atoms with Crippen molar-refractivity contribution in [2.75, 3.05) is 38.2 Å². The molecule has 0 amide bonds. The lowest BCUT2D eigenvalue weighted by atomic mass is 10.0. The summed E-state index contributed by atoms with van der Waals surface area (Å²) in [6.45, 7) is 2.79. The monoisotopic (exact) mass is 523 g/mol. The normalized spacial score (nSPS) is 20.6. The number of hydrogen-bond acceptors (Lipinski definition) is 8. The highest BCUT2D eigenvalue weighted by Crippen LogP contribution is 2.29. The first kappa shape index (κ1) is 23.7. The van der Waals surface area contributed by atoms with E-state index in [0.717, 1.165) is 29.7 Å². The molecule has 5 rings (SSSR count). The molecule has 2 aromatic heterocycles. The molecule has 0 radical (unpaired) electrons. The average Bonchev–Trinajstić information content (AvgIpc) is 3.34. The summed E-state index contributed by atoms with van der Waals surface area (Å²) in [5, 5.41) is 7.69. The highest BCUT2D eigenvalue weighted by atomic mass is 35.5. The van der Waals surface area contributed by atoms with Crippen LogP contribution in [-0.4, -0.2) is 60.3 Å². The van der Waals surface area contributed by atoms with E-state index in [0.29, 0.717) is 50.7 Å². The largest absolute Gasteiger partial charge is 0.382 e. The number of hydrogen-bond donors (Lipinski definition) is 1. The van der Waals surface area contributed by atoms with Crippen molar-refractivity contribution in [3.8, 4) is 0 Å². The summed E-state index contributed by atoms with van der Waals surface area (Å²) in [5.41, 5.74) is 2.65. The first-order valence-corrected chi connectivity index (χ1v) is 14.1. The van der Waals surface area contributed by atoms with Gasteiger partial charge in [-0.1, -0.05) is 11.6 Å². The number of fused-ring (bicyclic) bond motifs is 1. The maximum Gasteiger partial charge on any atom is 0.287 e. The third-order valence-electron chi connectivity index (χ3n) is 6.49. The van der Waals surface area contributed by atoms with Crippen molar-refractivity contribution in [1.29, 1.82) is 0 Å². The number of nitrogens with zero attached hydrogens (tertiary/aromatic N) is 4. The van der Waals surface area contributed by atoms with Crippen molar-refractivity contribution in [1.82, 2.24) is 19.1 Å². The number of sulfonamides is 1. The van der Waals surface area contributed by atoms with E-state index in [1.807, 2.05) is 0 Å². The number of piperidine rings is 1. The summed E-state index contributed by atoms with van der Waals surface area (Å²) in [7, 11) is -3.62. The Bertz CT molecular complexity index is 1330. The van der Waals surface area contributed by atoms with Crippen molar-refractivity contribution >= 4 is 48.9 Å². The molecule has 2 aliphatic rings. The minimum absolute atomic E-state index is 0.111. The van der Waals surface area contributed by atoms with Crippen molar-refractivity contribution in [2.24, 2.45) is 5.92 Å². The molecule has 2 saturated heterocycles. The van der Waals surface area contributed by atoms with Crippen molar-refractivity contribution in [2.45, 2.75) is 36.6 Å². The zero-order chi connectivity index (χ0) is 23.7. The summed E-state index contributed by atoms with van der Waals surface area (Å²) in [5.74, 6) is 0.385. The van der Waals surface area contributed by atoms with Gasteiger partial charge >= 0.3 is 0 Å². The highest BCUT2D eigenvalue weighted by molar-refractivity contribution is 7.89. The lowest BCUT2D eigenvalue weighted by molar-refractivity contribution is 0.0595. The van der Waals surface area contributed by atoms with Crippen LogP contribution in [-0.2, 0) is 14.8 Å². The lowest BCUT2D eigenvalue weighted by Gasteiger charge is -2.31. The Kier molecular flexibility index (Phi) is 6.90. The Morgan fingerprint density at radius 3 is 2.82 bits per heavy atom. The van der Waals surface area contributed by atoms with Gasteiger partial charge in [0.2, 0.25) is 10.0 Å². The number of nitrogens with one attached hydrogen (secondary N) is 1. The molecule has 2 fully saturated rings. The molecular weight excluding hydrogens is 498 g/mol. The van der Waals surface area contributed by atoms with Crippen LogP contribution in [0.3, 0.4) is 0 Å². The Balaban J connectivity index is 1.25. The fraction of sp³-hybridized carbons (Fsp3) is 0.500. The summed E-state index contributed by atoms with van der Waals surface area (Å²) in [6, 6.07) is 4.79. The molecule has 0 saturated carbocycles. The third kappa shape index (κ3) is 4.72. The minimum atomic E-state index is -3.62. The molecule has 0 unspecified atom stereocenters. The number of halogens is 1. The Morgan fingerprint density at radius 1 is 1.24 bits per heavy atom. The van der Waals surface area contributed by atoms with E-state index in [1.54, 1.807) is 29.9 Å². The number of anilines is 1. The highest BCUT2D eigenvalue weighted by Gasteiger charge is 2.31. The van der Waals surface area contributed by atoms with Crippen LogP contribution in [0.2, 0.25) is 5.02 Å². The van der Waals surface area contributed by atoms with E-state index in [1.165, 1.54) is 20.3 Å². The van der Waals surface area contributed by atoms with E-state index >= 15 is 0 Å². The topological polar surface area (TPSA) is 106 Å². The molecule has 4 heterocycles. The zero-order valence-electron chi connectivity index (χ0n) is 18.5. The molecule has 0 bridgehead atoms. The van der Waals surface area contributed by atoms with E-state index < -0.39 is 10.0 Å². The van der Waals surface area contributed by atoms with Gasteiger partial charge in [-0.15, -0.1) is 11.3 Å². The number of benzene rings is 1. The van der Waals surface area contributed by atoms with Crippen LogP contribution in [0.5, 0.6) is 0 Å². The number of aromatic nitrogens is 3. The molecule has 0 aliphatic carbocycles. The second-order valence-corrected chi connectivity index (χ2v) is 11.9. The predicted octanol–water partition coefficient (Wildman–Crippen LogP) is 3.37. The second kappa shape index (κ2) is 9.90. The van der Waals surface area contributed by atoms with Crippen LogP contribution >= 0.6 is 22.9 Å². The summed E-state index contributed by atoms with van der Waals surface area (Å²) < 4.78 is 35.5. The zero-order valence-corrected chi connectivity index (χ0v) is 20.9. The lowest BCUT2D eigenvalue weighted by Crippen LogP contribution is -2.41. The fourth-order valence-electron chi connectivity index (χ4n) is 4.52. The van der Waals surface area contributed by atoms with Crippen LogP contribution in [0.25, 0.3) is 10.2 Å². The predicted molar refractivity (Wildman–Crippen MR) is 132 cm³/mol. The molecule has 3 aromatic rings. The van der Waals surface area contributed by atoms with E-state index in [4.69, 9.17) is 16.3 Å². The number of thiazole rings is 1. The van der Waals surface area contributed by atoms with Crippen molar-refractivity contribution in [3.05, 3.63) is 45.3 Å². The van der Waals surface area contributed by atoms with E-state index in [-0.39, 0.29) is 21.5 Å². The SMILES string of the molecule is O=c1c(Cl)c(NC[C@H]2CCCOC2)cnn1C1CCN(S(=O)(=O)c2ccc3ncsc3c2)CC1. The van der Waals surface area contributed by atoms with Gasteiger partial charge in [0.1, 0.15) is 5.02 Å². The number of rotatable bonds is 6. The fourth-order valence-corrected chi connectivity index (χ4v) is 7.01. The maximum atomic E-state index is 13.2. The summed E-state index contributed by atoms with van der Waals surface area (Å²) >= 11 is 7.79. The summed E-state index contributed by atoms with van der Waals surface area (Å²) in [6.07, 6.45) is 4.67.